The van der Waals surface area contributed by atoms with E-state index in [1.165, 1.54) is 6.07 Å². The van der Waals surface area contributed by atoms with Crippen LogP contribution < -0.4 is 0 Å². The van der Waals surface area contributed by atoms with Crippen molar-refractivity contribution in [2.75, 3.05) is 6.61 Å². The zero-order chi connectivity index (χ0) is 19.4. The number of carbonyl (C=O) groups is 1. The van der Waals surface area contributed by atoms with E-state index < -0.39 is 4.92 Å². The van der Waals surface area contributed by atoms with Crippen LogP contribution in [0.5, 0.6) is 0 Å². The molecule has 6 nitrogen and oxygen atoms in total. The van der Waals surface area contributed by atoms with Crippen molar-refractivity contribution in [3.05, 3.63) is 87.6 Å². The number of aromatic nitrogens is 1. The lowest BCUT2D eigenvalue weighted by molar-refractivity contribution is -0.384. The molecule has 0 unspecified atom stereocenters. The van der Waals surface area contributed by atoms with Gasteiger partial charge in [-0.3, -0.25) is 10.1 Å². The minimum absolute atomic E-state index is 0.0455. The summed E-state index contributed by atoms with van der Waals surface area (Å²) in [7, 11) is 0. The van der Waals surface area contributed by atoms with E-state index >= 15 is 0 Å². The Morgan fingerprint density at radius 3 is 2.52 bits per heavy atom. The van der Waals surface area contributed by atoms with Crippen LogP contribution in [0.1, 0.15) is 28.5 Å². The molecule has 0 N–H and O–H groups in total. The summed E-state index contributed by atoms with van der Waals surface area (Å²) in [5.41, 5.74) is 3.84. The second kappa shape index (κ2) is 7.86. The molecule has 1 aromatic heterocycles. The maximum absolute atomic E-state index is 12.5. The third-order valence-electron chi connectivity index (χ3n) is 4.31. The van der Waals surface area contributed by atoms with Crippen LogP contribution in [-0.2, 0) is 11.3 Å². The quantitative estimate of drug-likeness (QED) is 0.364. The Hall–Kier alpha value is -3.41. The molecule has 0 aliphatic carbocycles. The first kappa shape index (κ1) is 18.4. The number of nitrogens with zero attached hydrogens (tertiary/aromatic N) is 2. The van der Waals surface area contributed by atoms with Crippen LogP contribution in [0.2, 0.25) is 0 Å². The SMILES string of the molecule is CCOC(=O)c1cc(C)n(Cc2cccc([N+](=O)[O-])c2)c1-c1ccccc1. The molecule has 0 amide bonds. The smallest absolute Gasteiger partial charge is 0.340 e. The van der Waals surface area contributed by atoms with Crippen LogP contribution >= 0.6 is 0 Å². The highest BCUT2D eigenvalue weighted by Crippen LogP contribution is 2.29. The fourth-order valence-electron chi connectivity index (χ4n) is 3.10. The Bertz CT molecular complexity index is 977. The van der Waals surface area contributed by atoms with Crippen molar-refractivity contribution >= 4 is 11.7 Å². The molecule has 2 aromatic carbocycles. The van der Waals surface area contributed by atoms with Crippen molar-refractivity contribution in [2.45, 2.75) is 20.4 Å². The molecule has 3 aromatic rings. The van der Waals surface area contributed by atoms with Crippen molar-refractivity contribution in [1.82, 2.24) is 4.57 Å². The lowest BCUT2D eigenvalue weighted by Gasteiger charge is -2.13. The second-order valence-corrected chi connectivity index (χ2v) is 6.15. The molecule has 0 saturated carbocycles. The van der Waals surface area contributed by atoms with Gasteiger partial charge in [-0.25, -0.2) is 4.79 Å². The number of rotatable bonds is 6. The first-order valence-electron chi connectivity index (χ1n) is 8.67. The van der Waals surface area contributed by atoms with Gasteiger partial charge in [0.2, 0.25) is 0 Å². The summed E-state index contributed by atoms with van der Waals surface area (Å²) in [5, 5.41) is 11.1. The van der Waals surface area contributed by atoms with E-state index in [0.29, 0.717) is 18.7 Å². The van der Waals surface area contributed by atoms with Gasteiger partial charge in [-0.15, -0.1) is 0 Å². The fourth-order valence-corrected chi connectivity index (χ4v) is 3.10. The largest absolute Gasteiger partial charge is 0.462 e. The minimum atomic E-state index is -0.409. The van der Waals surface area contributed by atoms with Crippen molar-refractivity contribution in [3.8, 4) is 11.3 Å². The Morgan fingerprint density at radius 2 is 1.85 bits per heavy atom. The summed E-state index contributed by atoms with van der Waals surface area (Å²) < 4.78 is 7.20. The highest BCUT2D eigenvalue weighted by Gasteiger charge is 2.21. The molecule has 0 aliphatic rings. The molecule has 3 rings (SSSR count). The average Bonchev–Trinajstić information content (AvgIpc) is 2.99. The van der Waals surface area contributed by atoms with Gasteiger partial charge in [0.1, 0.15) is 0 Å². The molecular weight excluding hydrogens is 344 g/mol. The number of esters is 1. The topological polar surface area (TPSA) is 74.4 Å². The van der Waals surface area contributed by atoms with Gasteiger partial charge < -0.3 is 9.30 Å². The van der Waals surface area contributed by atoms with Crippen LogP contribution in [0.3, 0.4) is 0 Å². The predicted octanol–water partition coefficient (Wildman–Crippen LogP) is 4.60. The number of nitro groups is 1. The van der Waals surface area contributed by atoms with E-state index in [1.807, 2.05) is 47.9 Å². The number of hydrogen-bond donors (Lipinski definition) is 0. The number of aryl methyl sites for hydroxylation is 1. The zero-order valence-corrected chi connectivity index (χ0v) is 15.2. The van der Waals surface area contributed by atoms with Crippen LogP contribution in [0.15, 0.2) is 60.7 Å². The number of hydrogen-bond acceptors (Lipinski definition) is 4. The van der Waals surface area contributed by atoms with Crippen LogP contribution in [0, 0.1) is 17.0 Å². The van der Waals surface area contributed by atoms with E-state index in [-0.39, 0.29) is 11.7 Å². The summed E-state index contributed by atoms with van der Waals surface area (Å²) in [6.07, 6.45) is 0. The molecule has 0 bridgehead atoms. The molecule has 0 atom stereocenters. The highest BCUT2D eigenvalue weighted by atomic mass is 16.6. The Kier molecular flexibility index (Phi) is 5.35. The Labute approximate surface area is 157 Å². The van der Waals surface area contributed by atoms with E-state index in [1.54, 1.807) is 25.1 Å². The highest BCUT2D eigenvalue weighted by molar-refractivity contribution is 5.97. The molecule has 0 fully saturated rings. The molecule has 6 heteroatoms. The van der Waals surface area contributed by atoms with E-state index in [2.05, 4.69) is 0 Å². The van der Waals surface area contributed by atoms with E-state index in [0.717, 1.165) is 22.5 Å². The van der Waals surface area contributed by atoms with Crippen molar-refractivity contribution in [1.29, 1.82) is 0 Å². The van der Waals surface area contributed by atoms with Crippen molar-refractivity contribution in [2.24, 2.45) is 0 Å². The summed E-state index contributed by atoms with van der Waals surface area (Å²) in [6.45, 7) is 4.39. The number of ether oxygens (including phenoxy) is 1. The molecule has 1 heterocycles. The molecule has 138 valence electrons. The van der Waals surface area contributed by atoms with Gasteiger partial charge in [-0.2, -0.15) is 0 Å². The Balaban J connectivity index is 2.11. The summed E-state index contributed by atoms with van der Waals surface area (Å²) >= 11 is 0. The van der Waals surface area contributed by atoms with Gasteiger partial charge in [-0.1, -0.05) is 42.5 Å². The molecule has 0 spiro atoms. The Morgan fingerprint density at radius 1 is 1.11 bits per heavy atom. The number of nitro benzene ring substituents is 1. The van der Waals surface area contributed by atoms with Gasteiger partial charge >= 0.3 is 5.97 Å². The average molecular weight is 364 g/mol. The van der Waals surface area contributed by atoms with Crippen LogP contribution in [0.4, 0.5) is 5.69 Å². The molecule has 0 radical (unpaired) electrons. The lowest BCUT2D eigenvalue weighted by atomic mass is 10.1. The van der Waals surface area contributed by atoms with Gasteiger partial charge in [-0.05, 0) is 31.0 Å². The molecular formula is C21H20N2O4. The molecule has 0 saturated heterocycles. The monoisotopic (exact) mass is 364 g/mol. The van der Waals surface area contributed by atoms with Crippen molar-refractivity contribution in [3.63, 3.8) is 0 Å². The number of benzene rings is 2. The molecule has 27 heavy (non-hydrogen) atoms. The van der Waals surface area contributed by atoms with Gasteiger partial charge in [0, 0.05) is 24.4 Å². The van der Waals surface area contributed by atoms with Crippen LogP contribution in [0.25, 0.3) is 11.3 Å². The number of non-ortho nitro benzene ring substituents is 1. The summed E-state index contributed by atoms with van der Waals surface area (Å²) in [4.78, 5) is 23.1. The predicted molar refractivity (Wildman–Crippen MR) is 103 cm³/mol. The van der Waals surface area contributed by atoms with Gasteiger partial charge in [0.15, 0.2) is 0 Å². The van der Waals surface area contributed by atoms with Gasteiger partial charge in [0.05, 0.1) is 22.8 Å². The number of carbonyl (C=O) groups excluding carboxylic acids is 1. The lowest BCUT2D eigenvalue weighted by Crippen LogP contribution is -2.08. The maximum atomic E-state index is 12.5. The third-order valence-corrected chi connectivity index (χ3v) is 4.31. The summed E-state index contributed by atoms with van der Waals surface area (Å²) in [5.74, 6) is -0.378. The first-order chi connectivity index (χ1) is 13.0. The van der Waals surface area contributed by atoms with Crippen LogP contribution in [-0.4, -0.2) is 22.1 Å². The fraction of sp³-hybridized carbons (Fsp3) is 0.190. The van der Waals surface area contributed by atoms with E-state index in [9.17, 15) is 14.9 Å². The molecule has 0 aliphatic heterocycles. The second-order valence-electron chi connectivity index (χ2n) is 6.15. The first-order valence-corrected chi connectivity index (χ1v) is 8.67. The van der Waals surface area contributed by atoms with Gasteiger partial charge in [0.25, 0.3) is 5.69 Å². The van der Waals surface area contributed by atoms with Crippen molar-refractivity contribution < 1.29 is 14.5 Å². The van der Waals surface area contributed by atoms with E-state index in [4.69, 9.17) is 4.74 Å². The normalized spacial score (nSPS) is 10.6. The zero-order valence-electron chi connectivity index (χ0n) is 15.2. The maximum Gasteiger partial charge on any atom is 0.340 e. The third kappa shape index (κ3) is 3.89. The summed E-state index contributed by atoms with van der Waals surface area (Å²) in [6, 6.07) is 17.9. The minimum Gasteiger partial charge on any atom is -0.462 e. The standard InChI is InChI=1S/C21H20N2O4/c1-3-27-21(24)19-12-15(2)22(20(19)17-9-5-4-6-10-17)14-16-8-7-11-18(13-16)23(25)26/h4-13H,3,14H2,1-2H3.